The van der Waals surface area contributed by atoms with Gasteiger partial charge in [-0.15, -0.1) is 11.3 Å². The maximum absolute atomic E-state index is 11.3. The third-order valence-corrected chi connectivity index (χ3v) is 3.63. The molecule has 4 nitrogen and oxygen atoms in total. The molecule has 1 aromatic heterocycles. The Balaban J connectivity index is 1.74. The maximum Gasteiger partial charge on any atom is 0.236 e. The second-order valence-electron chi connectivity index (χ2n) is 4.34. The topological polar surface area (TPSA) is 45.2 Å². The van der Waals surface area contributed by atoms with E-state index in [0.29, 0.717) is 13.1 Å². The number of rotatable bonds is 5. The van der Waals surface area contributed by atoms with E-state index in [0.717, 1.165) is 11.6 Å². The van der Waals surface area contributed by atoms with Crippen molar-refractivity contribution in [3.8, 4) is 0 Å². The summed E-state index contributed by atoms with van der Waals surface area (Å²) in [6, 6.07) is 0. The number of aromatic nitrogens is 1. The second-order valence-corrected chi connectivity index (χ2v) is 5.23. The molecule has 1 aromatic rings. The lowest BCUT2D eigenvalue weighted by atomic mass is 10.4. The molecular weight excluding hydrogens is 222 g/mol. The van der Waals surface area contributed by atoms with E-state index in [1.54, 1.807) is 30.3 Å². The summed E-state index contributed by atoms with van der Waals surface area (Å²) >= 11 is 1.74. The van der Waals surface area contributed by atoms with Gasteiger partial charge in [-0.1, -0.05) is 0 Å². The Kier molecular flexibility index (Phi) is 3.56. The molecule has 1 fully saturated rings. The number of carbonyl (C=O) groups is 1. The van der Waals surface area contributed by atoms with Gasteiger partial charge in [0.25, 0.3) is 0 Å². The van der Waals surface area contributed by atoms with Crippen LogP contribution >= 0.6 is 11.3 Å². The highest BCUT2D eigenvalue weighted by Crippen LogP contribution is 2.41. The zero-order valence-corrected chi connectivity index (χ0v) is 10.5. The zero-order chi connectivity index (χ0) is 11.5. The number of carbonyl (C=O) groups excluding carboxylic acids is 1. The van der Waals surface area contributed by atoms with Crippen LogP contribution in [0.2, 0.25) is 0 Å². The molecule has 1 heterocycles. The van der Waals surface area contributed by atoms with Gasteiger partial charge in [0, 0.05) is 31.9 Å². The molecule has 0 radical (unpaired) electrons. The number of thiazole rings is 1. The van der Waals surface area contributed by atoms with E-state index in [-0.39, 0.29) is 5.91 Å². The van der Waals surface area contributed by atoms with E-state index in [9.17, 15) is 4.79 Å². The van der Waals surface area contributed by atoms with E-state index in [4.69, 9.17) is 0 Å². The highest BCUT2D eigenvalue weighted by molar-refractivity contribution is 7.09. The first kappa shape index (κ1) is 11.5. The number of hydrogen-bond acceptors (Lipinski definition) is 4. The Bertz CT molecular complexity index is 371. The minimum atomic E-state index is 0.0950. The molecule has 0 aromatic carbocycles. The van der Waals surface area contributed by atoms with Gasteiger partial charge in [0.2, 0.25) is 5.91 Å². The van der Waals surface area contributed by atoms with Crippen molar-refractivity contribution in [1.29, 1.82) is 0 Å². The van der Waals surface area contributed by atoms with Gasteiger partial charge in [-0.05, 0) is 12.8 Å². The lowest BCUT2D eigenvalue weighted by molar-refractivity contribution is -0.127. The fourth-order valence-electron chi connectivity index (χ4n) is 1.38. The molecule has 16 heavy (non-hydrogen) atoms. The van der Waals surface area contributed by atoms with Crippen molar-refractivity contribution in [1.82, 2.24) is 15.2 Å². The van der Waals surface area contributed by atoms with Crippen molar-refractivity contribution < 1.29 is 4.79 Å². The second kappa shape index (κ2) is 4.93. The van der Waals surface area contributed by atoms with Gasteiger partial charge in [0.05, 0.1) is 17.2 Å². The van der Waals surface area contributed by atoms with Gasteiger partial charge < -0.3 is 10.2 Å². The Morgan fingerprint density at radius 1 is 1.62 bits per heavy atom. The first-order valence-electron chi connectivity index (χ1n) is 5.52. The molecule has 0 spiro atoms. The Morgan fingerprint density at radius 2 is 2.38 bits per heavy atom. The van der Waals surface area contributed by atoms with E-state index >= 15 is 0 Å². The SMILES string of the molecule is CN(C)C(=O)CNCc1csc(C2CC2)n1. The van der Waals surface area contributed by atoms with Crippen LogP contribution < -0.4 is 5.32 Å². The third kappa shape index (κ3) is 3.02. The molecule has 0 bridgehead atoms. The molecule has 1 saturated carbocycles. The maximum atomic E-state index is 11.3. The number of nitrogens with one attached hydrogen (secondary N) is 1. The number of hydrogen-bond donors (Lipinski definition) is 1. The predicted octanol–water partition coefficient (Wildman–Crippen LogP) is 1.20. The standard InChI is InChI=1S/C11H17N3OS/c1-14(2)10(15)6-12-5-9-7-16-11(13-9)8-3-4-8/h7-8,12H,3-6H2,1-2H3. The van der Waals surface area contributed by atoms with E-state index in [1.807, 2.05) is 0 Å². The van der Waals surface area contributed by atoms with Gasteiger partial charge in [0.15, 0.2) is 0 Å². The summed E-state index contributed by atoms with van der Waals surface area (Å²) in [7, 11) is 3.52. The van der Waals surface area contributed by atoms with E-state index in [2.05, 4.69) is 15.7 Å². The molecule has 0 saturated heterocycles. The molecule has 1 aliphatic carbocycles. The van der Waals surface area contributed by atoms with Gasteiger partial charge in [0.1, 0.15) is 0 Å². The molecule has 1 amide bonds. The van der Waals surface area contributed by atoms with Crippen LogP contribution in [0, 0.1) is 0 Å². The summed E-state index contributed by atoms with van der Waals surface area (Å²) < 4.78 is 0. The summed E-state index contributed by atoms with van der Waals surface area (Å²) in [5.74, 6) is 0.819. The number of amides is 1. The van der Waals surface area contributed by atoms with Crippen LogP contribution in [-0.4, -0.2) is 36.4 Å². The fourth-order valence-corrected chi connectivity index (χ4v) is 2.37. The summed E-state index contributed by atoms with van der Waals surface area (Å²) in [4.78, 5) is 17.4. The minimum Gasteiger partial charge on any atom is -0.348 e. The fraction of sp³-hybridized carbons (Fsp3) is 0.636. The lowest BCUT2D eigenvalue weighted by Gasteiger charge is -2.09. The Hall–Kier alpha value is -0.940. The van der Waals surface area contributed by atoms with Gasteiger partial charge in [-0.2, -0.15) is 0 Å². The normalized spacial score (nSPS) is 15.1. The van der Waals surface area contributed by atoms with Gasteiger partial charge in [-0.3, -0.25) is 4.79 Å². The number of likely N-dealkylation sites (N-methyl/N-ethyl adjacent to an activating group) is 1. The van der Waals surface area contributed by atoms with Gasteiger partial charge in [-0.25, -0.2) is 4.98 Å². The molecule has 0 atom stereocenters. The lowest BCUT2D eigenvalue weighted by Crippen LogP contribution is -2.32. The quantitative estimate of drug-likeness (QED) is 0.839. The van der Waals surface area contributed by atoms with Crippen LogP contribution in [0.1, 0.15) is 29.5 Å². The monoisotopic (exact) mass is 239 g/mol. The van der Waals surface area contributed by atoms with E-state index in [1.165, 1.54) is 17.8 Å². The Labute approximate surface area is 99.7 Å². The smallest absolute Gasteiger partial charge is 0.236 e. The molecule has 0 unspecified atom stereocenters. The highest BCUT2D eigenvalue weighted by Gasteiger charge is 2.26. The van der Waals surface area contributed by atoms with Crippen molar-refractivity contribution in [2.75, 3.05) is 20.6 Å². The average molecular weight is 239 g/mol. The van der Waals surface area contributed by atoms with E-state index < -0.39 is 0 Å². The van der Waals surface area contributed by atoms with Crippen LogP contribution in [0.4, 0.5) is 0 Å². The molecular formula is C11H17N3OS. The minimum absolute atomic E-state index is 0.0950. The molecule has 1 aliphatic rings. The average Bonchev–Trinajstić information content (AvgIpc) is 2.99. The zero-order valence-electron chi connectivity index (χ0n) is 9.69. The van der Waals surface area contributed by atoms with Crippen LogP contribution in [0.25, 0.3) is 0 Å². The molecule has 5 heteroatoms. The molecule has 88 valence electrons. The first-order chi connectivity index (χ1) is 7.66. The van der Waals surface area contributed by atoms with Crippen LogP contribution in [0.5, 0.6) is 0 Å². The van der Waals surface area contributed by atoms with Crippen molar-refractivity contribution in [2.45, 2.75) is 25.3 Å². The highest BCUT2D eigenvalue weighted by atomic mass is 32.1. The summed E-state index contributed by atoms with van der Waals surface area (Å²) in [5.41, 5.74) is 1.05. The molecule has 1 N–H and O–H groups in total. The van der Waals surface area contributed by atoms with Crippen molar-refractivity contribution >= 4 is 17.2 Å². The summed E-state index contributed by atoms with van der Waals surface area (Å²) in [6.45, 7) is 1.06. The summed E-state index contributed by atoms with van der Waals surface area (Å²) in [5, 5.41) is 6.45. The van der Waals surface area contributed by atoms with Crippen molar-refractivity contribution in [3.63, 3.8) is 0 Å². The van der Waals surface area contributed by atoms with Crippen molar-refractivity contribution in [2.24, 2.45) is 0 Å². The third-order valence-electron chi connectivity index (χ3n) is 2.58. The van der Waals surface area contributed by atoms with Crippen molar-refractivity contribution in [3.05, 3.63) is 16.1 Å². The number of nitrogens with zero attached hydrogens (tertiary/aromatic N) is 2. The Morgan fingerprint density at radius 3 is 3.00 bits per heavy atom. The molecule has 0 aliphatic heterocycles. The first-order valence-corrected chi connectivity index (χ1v) is 6.40. The summed E-state index contributed by atoms with van der Waals surface area (Å²) in [6.07, 6.45) is 2.58. The largest absolute Gasteiger partial charge is 0.348 e. The van der Waals surface area contributed by atoms with Gasteiger partial charge >= 0.3 is 0 Å². The molecule has 2 rings (SSSR count). The van der Waals surface area contributed by atoms with Crippen LogP contribution in [0.15, 0.2) is 5.38 Å². The van der Waals surface area contributed by atoms with Crippen LogP contribution in [0.3, 0.4) is 0 Å². The predicted molar refractivity (Wildman–Crippen MR) is 64.5 cm³/mol. The van der Waals surface area contributed by atoms with Crippen LogP contribution in [-0.2, 0) is 11.3 Å².